The highest BCUT2D eigenvalue weighted by Gasteiger charge is 2.21. The van der Waals surface area contributed by atoms with E-state index in [2.05, 4.69) is 34.6 Å². The van der Waals surface area contributed by atoms with Crippen molar-refractivity contribution in [3.63, 3.8) is 0 Å². The van der Waals surface area contributed by atoms with Gasteiger partial charge in [-0.3, -0.25) is 0 Å². The highest BCUT2D eigenvalue weighted by Crippen LogP contribution is 2.24. The number of imidazole rings is 1. The second kappa shape index (κ2) is 4.61. The fourth-order valence-corrected chi connectivity index (χ4v) is 2.81. The van der Waals surface area contributed by atoms with E-state index in [4.69, 9.17) is 10.7 Å². The third-order valence-corrected chi connectivity index (χ3v) is 3.69. The van der Waals surface area contributed by atoms with Crippen LogP contribution in [-0.4, -0.2) is 28.7 Å². The van der Waals surface area contributed by atoms with Crippen molar-refractivity contribution in [3.05, 3.63) is 24.3 Å². The van der Waals surface area contributed by atoms with Crippen molar-refractivity contribution >= 4 is 17.0 Å². The zero-order valence-corrected chi connectivity index (χ0v) is 10.8. The SMILES string of the molecule is CCn1c(N2CCC[C@H](N)C2)nc2ccccc21. The summed E-state index contributed by atoms with van der Waals surface area (Å²) in [6.45, 7) is 5.10. The van der Waals surface area contributed by atoms with Crippen LogP contribution in [-0.2, 0) is 6.54 Å². The zero-order chi connectivity index (χ0) is 12.5. The molecule has 0 spiro atoms. The summed E-state index contributed by atoms with van der Waals surface area (Å²) in [4.78, 5) is 7.11. The molecule has 1 saturated heterocycles. The van der Waals surface area contributed by atoms with Crippen LogP contribution in [0.25, 0.3) is 11.0 Å². The number of benzene rings is 1. The van der Waals surface area contributed by atoms with Gasteiger partial charge in [-0.2, -0.15) is 0 Å². The number of anilines is 1. The number of aromatic nitrogens is 2. The first-order chi connectivity index (χ1) is 8.79. The summed E-state index contributed by atoms with van der Waals surface area (Å²) in [5.41, 5.74) is 8.36. The largest absolute Gasteiger partial charge is 0.341 e. The van der Waals surface area contributed by atoms with E-state index >= 15 is 0 Å². The molecule has 4 nitrogen and oxygen atoms in total. The summed E-state index contributed by atoms with van der Waals surface area (Å²) >= 11 is 0. The first-order valence-electron chi connectivity index (χ1n) is 6.75. The Morgan fingerprint density at radius 1 is 1.39 bits per heavy atom. The highest BCUT2D eigenvalue weighted by molar-refractivity contribution is 5.78. The Balaban J connectivity index is 2.05. The molecule has 0 aliphatic carbocycles. The van der Waals surface area contributed by atoms with E-state index in [0.29, 0.717) is 0 Å². The summed E-state index contributed by atoms with van der Waals surface area (Å²) in [6, 6.07) is 8.61. The molecule has 1 aromatic carbocycles. The van der Waals surface area contributed by atoms with Gasteiger partial charge in [0.15, 0.2) is 0 Å². The molecule has 0 bridgehead atoms. The van der Waals surface area contributed by atoms with Gasteiger partial charge in [-0.25, -0.2) is 4.98 Å². The number of aryl methyl sites for hydroxylation is 1. The van der Waals surface area contributed by atoms with Crippen molar-refractivity contribution in [2.75, 3.05) is 18.0 Å². The molecule has 4 heteroatoms. The fraction of sp³-hybridized carbons (Fsp3) is 0.500. The zero-order valence-electron chi connectivity index (χ0n) is 10.8. The van der Waals surface area contributed by atoms with Gasteiger partial charge in [-0.1, -0.05) is 12.1 Å². The number of fused-ring (bicyclic) bond motifs is 1. The fourth-order valence-electron chi connectivity index (χ4n) is 2.81. The maximum atomic E-state index is 6.07. The van der Waals surface area contributed by atoms with Gasteiger partial charge in [0.2, 0.25) is 5.95 Å². The van der Waals surface area contributed by atoms with Gasteiger partial charge < -0.3 is 15.2 Å². The van der Waals surface area contributed by atoms with Gasteiger partial charge in [-0.05, 0) is 31.9 Å². The van der Waals surface area contributed by atoms with Crippen LogP contribution in [0.1, 0.15) is 19.8 Å². The number of hydrogen-bond donors (Lipinski definition) is 1. The minimum atomic E-state index is 0.281. The van der Waals surface area contributed by atoms with Crippen molar-refractivity contribution in [1.29, 1.82) is 0 Å². The molecular formula is C14H20N4. The molecule has 0 saturated carbocycles. The van der Waals surface area contributed by atoms with Gasteiger partial charge in [0.25, 0.3) is 0 Å². The third kappa shape index (κ3) is 1.86. The highest BCUT2D eigenvalue weighted by atomic mass is 15.3. The second-order valence-electron chi connectivity index (χ2n) is 4.99. The van der Waals surface area contributed by atoms with Crippen molar-refractivity contribution in [2.45, 2.75) is 32.4 Å². The topological polar surface area (TPSA) is 47.1 Å². The van der Waals surface area contributed by atoms with Crippen LogP contribution in [0.2, 0.25) is 0 Å². The molecule has 2 N–H and O–H groups in total. The van der Waals surface area contributed by atoms with Crippen LogP contribution in [0.4, 0.5) is 5.95 Å². The average molecular weight is 244 g/mol. The smallest absolute Gasteiger partial charge is 0.206 e. The molecule has 0 unspecified atom stereocenters. The minimum Gasteiger partial charge on any atom is -0.341 e. The van der Waals surface area contributed by atoms with E-state index in [1.807, 2.05) is 6.07 Å². The predicted molar refractivity (Wildman–Crippen MR) is 74.8 cm³/mol. The molecule has 1 aliphatic rings. The standard InChI is InChI=1S/C14H20N4/c1-2-18-13-8-4-3-7-12(13)16-14(18)17-9-5-6-11(15)10-17/h3-4,7-8,11H,2,5-6,9-10,15H2,1H3/t11-/m0/s1. The lowest BCUT2D eigenvalue weighted by Gasteiger charge is -2.31. The third-order valence-electron chi connectivity index (χ3n) is 3.69. The minimum absolute atomic E-state index is 0.281. The van der Waals surface area contributed by atoms with Crippen LogP contribution < -0.4 is 10.6 Å². The molecular weight excluding hydrogens is 224 g/mol. The Hall–Kier alpha value is -1.55. The van der Waals surface area contributed by atoms with Crippen LogP contribution in [0.15, 0.2) is 24.3 Å². The Morgan fingerprint density at radius 2 is 2.22 bits per heavy atom. The predicted octanol–water partition coefficient (Wildman–Crippen LogP) is 1.98. The van der Waals surface area contributed by atoms with E-state index in [-0.39, 0.29) is 6.04 Å². The van der Waals surface area contributed by atoms with Crippen molar-refractivity contribution in [1.82, 2.24) is 9.55 Å². The van der Waals surface area contributed by atoms with E-state index in [0.717, 1.165) is 43.9 Å². The van der Waals surface area contributed by atoms with Crippen molar-refractivity contribution in [3.8, 4) is 0 Å². The number of rotatable bonds is 2. The monoisotopic (exact) mass is 244 g/mol. The lowest BCUT2D eigenvalue weighted by molar-refractivity contribution is 0.494. The van der Waals surface area contributed by atoms with Crippen LogP contribution in [0.3, 0.4) is 0 Å². The van der Waals surface area contributed by atoms with Crippen LogP contribution in [0, 0.1) is 0 Å². The van der Waals surface area contributed by atoms with Crippen LogP contribution in [0.5, 0.6) is 0 Å². The summed E-state index contributed by atoms with van der Waals surface area (Å²) in [5.74, 6) is 1.08. The average Bonchev–Trinajstić information content (AvgIpc) is 2.77. The van der Waals surface area contributed by atoms with E-state index < -0.39 is 0 Å². The molecule has 18 heavy (non-hydrogen) atoms. The lowest BCUT2D eigenvalue weighted by Crippen LogP contribution is -2.43. The van der Waals surface area contributed by atoms with Gasteiger partial charge in [0.1, 0.15) is 0 Å². The number of para-hydroxylation sites is 2. The van der Waals surface area contributed by atoms with Crippen molar-refractivity contribution in [2.24, 2.45) is 5.73 Å². The Morgan fingerprint density at radius 3 is 3.00 bits per heavy atom. The van der Waals surface area contributed by atoms with E-state index in [1.165, 1.54) is 5.52 Å². The first-order valence-corrected chi connectivity index (χ1v) is 6.75. The molecule has 3 rings (SSSR count). The van der Waals surface area contributed by atoms with E-state index in [9.17, 15) is 0 Å². The quantitative estimate of drug-likeness (QED) is 0.878. The molecule has 1 atom stereocenters. The number of hydrogen-bond acceptors (Lipinski definition) is 3. The molecule has 0 radical (unpaired) electrons. The Kier molecular flexibility index (Phi) is 2.96. The maximum Gasteiger partial charge on any atom is 0.206 e. The lowest BCUT2D eigenvalue weighted by atomic mass is 10.1. The van der Waals surface area contributed by atoms with Gasteiger partial charge in [0, 0.05) is 25.7 Å². The Labute approximate surface area is 107 Å². The van der Waals surface area contributed by atoms with Gasteiger partial charge in [-0.15, -0.1) is 0 Å². The molecule has 2 aromatic rings. The summed E-state index contributed by atoms with van der Waals surface area (Å²) in [5, 5.41) is 0. The maximum absolute atomic E-state index is 6.07. The number of nitrogens with two attached hydrogens (primary N) is 1. The molecule has 0 amide bonds. The number of nitrogens with zero attached hydrogens (tertiary/aromatic N) is 3. The molecule has 1 fully saturated rings. The molecule has 1 aromatic heterocycles. The normalized spacial score (nSPS) is 20.6. The van der Waals surface area contributed by atoms with Crippen LogP contribution >= 0.6 is 0 Å². The molecule has 96 valence electrons. The molecule has 2 heterocycles. The van der Waals surface area contributed by atoms with Gasteiger partial charge >= 0.3 is 0 Å². The summed E-state index contributed by atoms with van der Waals surface area (Å²) in [6.07, 6.45) is 2.29. The Bertz CT molecular complexity index is 546. The summed E-state index contributed by atoms with van der Waals surface area (Å²) in [7, 11) is 0. The second-order valence-corrected chi connectivity index (χ2v) is 4.99. The number of piperidine rings is 1. The van der Waals surface area contributed by atoms with E-state index in [1.54, 1.807) is 0 Å². The summed E-state index contributed by atoms with van der Waals surface area (Å²) < 4.78 is 2.29. The molecule has 1 aliphatic heterocycles. The first kappa shape index (κ1) is 11.5. The van der Waals surface area contributed by atoms with Crippen molar-refractivity contribution < 1.29 is 0 Å². The van der Waals surface area contributed by atoms with Gasteiger partial charge in [0.05, 0.1) is 11.0 Å².